The van der Waals surface area contributed by atoms with E-state index in [1.807, 2.05) is 0 Å². The van der Waals surface area contributed by atoms with Crippen LogP contribution in [0.1, 0.15) is 41.7 Å². The minimum absolute atomic E-state index is 0.0159. The number of benzene rings is 2. The molecule has 2 aromatic carbocycles. The molecule has 1 unspecified atom stereocenters. The number of hydrogen-bond donors (Lipinski definition) is 2. The summed E-state index contributed by atoms with van der Waals surface area (Å²) in [5, 5.41) is 18.8. The number of oxazole rings is 1. The predicted molar refractivity (Wildman–Crippen MR) is 121 cm³/mol. The lowest BCUT2D eigenvalue weighted by Crippen LogP contribution is -2.26. The number of nitrogens with zero attached hydrogens (tertiary/aromatic N) is 2. The highest BCUT2D eigenvalue weighted by atomic mass is 35.5. The Morgan fingerprint density at radius 2 is 1.76 bits per heavy atom. The summed E-state index contributed by atoms with van der Waals surface area (Å²) >= 11 is 6.43. The number of aromatic nitrogens is 2. The van der Waals surface area contributed by atoms with Gasteiger partial charge >= 0.3 is 11.9 Å². The largest absolute Gasteiger partial charge is 0.419 e. The van der Waals surface area contributed by atoms with E-state index in [4.69, 9.17) is 16.0 Å². The van der Waals surface area contributed by atoms with Gasteiger partial charge in [-0.25, -0.2) is 4.79 Å². The van der Waals surface area contributed by atoms with Crippen molar-refractivity contribution in [3.63, 3.8) is 0 Å². The summed E-state index contributed by atoms with van der Waals surface area (Å²) in [4.78, 5) is 15.7. The van der Waals surface area contributed by atoms with E-state index in [1.54, 1.807) is 6.07 Å². The Kier molecular flexibility index (Phi) is 6.28. The second-order valence-corrected chi connectivity index (χ2v) is 8.49. The molecule has 6 nitrogen and oxygen atoms in total. The summed E-state index contributed by atoms with van der Waals surface area (Å²) in [6.07, 6.45) is -3.51. The van der Waals surface area contributed by atoms with Gasteiger partial charge in [-0.15, -0.1) is 0 Å². The molecule has 0 saturated heterocycles. The fraction of sp³-hybridized carbons (Fsp3) is 0.250. The van der Waals surface area contributed by atoms with Crippen LogP contribution < -0.4 is 5.76 Å². The summed E-state index contributed by atoms with van der Waals surface area (Å²) in [6.45, 7) is 1.45. The molecule has 2 heterocycles. The third-order valence-electron chi connectivity index (χ3n) is 5.91. The van der Waals surface area contributed by atoms with Gasteiger partial charge in [-0.05, 0) is 46.9 Å². The first-order chi connectivity index (χ1) is 16.0. The number of aliphatic hydroxyl groups is 2. The average Bonchev–Trinajstić information content (AvgIpc) is 3.06. The number of fused-ring (bicyclic) bond motifs is 1. The van der Waals surface area contributed by atoms with Crippen LogP contribution in [-0.4, -0.2) is 25.9 Å². The molecule has 0 aliphatic carbocycles. The Bertz CT molecular complexity index is 1410. The first-order valence-electron chi connectivity index (χ1n) is 10.2. The Balaban J connectivity index is 1.74. The van der Waals surface area contributed by atoms with E-state index in [2.05, 4.69) is 4.98 Å². The van der Waals surface area contributed by atoms with E-state index in [-0.39, 0.29) is 27.2 Å². The molecule has 178 valence electrons. The molecule has 4 aromatic rings. The van der Waals surface area contributed by atoms with Crippen molar-refractivity contribution in [1.29, 1.82) is 0 Å². The van der Waals surface area contributed by atoms with Crippen LogP contribution in [0, 0.1) is 0 Å². The number of aliphatic hydroxyl groups excluding tert-OH is 1. The molecule has 4 rings (SSSR count). The lowest BCUT2D eigenvalue weighted by Gasteiger charge is -2.28. The standard InChI is InChI=1S/C24H20ClF3N2O4/c1-12(17-5-3-13(8-18(17)25)15-7-16(22(31)32)11-29-10-15)21(24(26,27)28)14-4-6-20-19(9-14)30(2)23(33)34-20/h3-12,21-22,31-32H,1-2H3/t12-,21?/m1/s1. The number of rotatable bonds is 5. The van der Waals surface area contributed by atoms with Crippen LogP contribution in [0.25, 0.3) is 22.2 Å². The topological polar surface area (TPSA) is 88.5 Å². The van der Waals surface area contributed by atoms with Crippen molar-refractivity contribution in [2.24, 2.45) is 7.05 Å². The molecule has 0 bridgehead atoms. The third kappa shape index (κ3) is 4.46. The molecule has 10 heteroatoms. The Labute approximate surface area is 196 Å². The Hall–Kier alpha value is -3.14. The van der Waals surface area contributed by atoms with Crippen LogP contribution in [0.15, 0.2) is 64.1 Å². The fourth-order valence-electron chi connectivity index (χ4n) is 4.11. The van der Waals surface area contributed by atoms with Crippen LogP contribution in [0.5, 0.6) is 0 Å². The van der Waals surface area contributed by atoms with E-state index in [9.17, 15) is 28.2 Å². The number of aryl methyl sites for hydroxylation is 1. The lowest BCUT2D eigenvalue weighted by molar-refractivity contribution is -0.154. The predicted octanol–water partition coefficient (Wildman–Crippen LogP) is 5.28. The zero-order valence-corrected chi connectivity index (χ0v) is 18.8. The molecule has 0 fully saturated rings. The smallest absolute Gasteiger partial charge is 0.408 e. The van der Waals surface area contributed by atoms with Crippen molar-refractivity contribution in [3.05, 3.63) is 87.1 Å². The summed E-state index contributed by atoms with van der Waals surface area (Å²) < 4.78 is 48.9. The molecule has 0 aliphatic heterocycles. The molecule has 0 amide bonds. The van der Waals surface area contributed by atoms with Gasteiger partial charge in [-0.3, -0.25) is 9.55 Å². The van der Waals surface area contributed by atoms with Gasteiger partial charge in [0.05, 0.1) is 11.4 Å². The molecule has 2 aromatic heterocycles. The summed E-state index contributed by atoms with van der Waals surface area (Å²) in [5.74, 6) is -3.60. The highest BCUT2D eigenvalue weighted by molar-refractivity contribution is 6.31. The lowest BCUT2D eigenvalue weighted by atomic mass is 9.81. The van der Waals surface area contributed by atoms with Gasteiger partial charge in [-0.2, -0.15) is 13.2 Å². The molecular formula is C24H20ClF3N2O4. The highest BCUT2D eigenvalue weighted by Crippen LogP contribution is 2.47. The minimum atomic E-state index is -4.59. The van der Waals surface area contributed by atoms with Gasteiger partial charge in [0.15, 0.2) is 11.9 Å². The van der Waals surface area contributed by atoms with Crippen molar-refractivity contribution in [2.75, 3.05) is 0 Å². The third-order valence-corrected chi connectivity index (χ3v) is 6.24. The van der Waals surface area contributed by atoms with E-state index < -0.39 is 30.1 Å². The summed E-state index contributed by atoms with van der Waals surface area (Å²) in [5.41, 5.74) is 2.02. The molecule has 0 saturated carbocycles. The van der Waals surface area contributed by atoms with E-state index >= 15 is 0 Å². The molecule has 0 aliphatic rings. The second kappa shape index (κ2) is 8.90. The van der Waals surface area contributed by atoms with E-state index in [0.717, 1.165) is 4.57 Å². The van der Waals surface area contributed by atoms with Crippen LogP contribution in [0.2, 0.25) is 5.02 Å². The first-order valence-corrected chi connectivity index (χ1v) is 10.6. The van der Waals surface area contributed by atoms with Gasteiger partial charge in [0.1, 0.15) is 0 Å². The maximum Gasteiger partial charge on any atom is 0.419 e. The van der Waals surface area contributed by atoms with Gasteiger partial charge in [0.2, 0.25) is 0 Å². The van der Waals surface area contributed by atoms with Crippen LogP contribution >= 0.6 is 11.6 Å². The first kappa shape index (κ1) is 24.0. The van der Waals surface area contributed by atoms with Gasteiger partial charge in [0, 0.05) is 35.6 Å². The maximum absolute atomic E-state index is 14.3. The average molecular weight is 493 g/mol. The monoisotopic (exact) mass is 492 g/mol. The Morgan fingerprint density at radius 1 is 1.03 bits per heavy atom. The quantitative estimate of drug-likeness (QED) is 0.370. The zero-order chi connectivity index (χ0) is 24.8. The summed E-state index contributed by atoms with van der Waals surface area (Å²) in [6, 6.07) is 10.1. The molecule has 2 atom stereocenters. The molecule has 2 N–H and O–H groups in total. The minimum Gasteiger partial charge on any atom is -0.408 e. The van der Waals surface area contributed by atoms with Crippen molar-refractivity contribution in [3.8, 4) is 11.1 Å². The molecule has 0 radical (unpaired) electrons. The molecule has 0 spiro atoms. The van der Waals surface area contributed by atoms with Gasteiger partial charge < -0.3 is 14.6 Å². The Morgan fingerprint density at radius 3 is 2.41 bits per heavy atom. The van der Waals surface area contributed by atoms with Crippen LogP contribution in [0.4, 0.5) is 13.2 Å². The molecule has 34 heavy (non-hydrogen) atoms. The van der Waals surface area contributed by atoms with Crippen molar-refractivity contribution in [1.82, 2.24) is 9.55 Å². The van der Waals surface area contributed by atoms with Gasteiger partial charge in [-0.1, -0.05) is 36.7 Å². The van der Waals surface area contributed by atoms with E-state index in [1.165, 1.54) is 62.8 Å². The zero-order valence-electron chi connectivity index (χ0n) is 18.0. The van der Waals surface area contributed by atoms with Crippen LogP contribution in [-0.2, 0) is 7.05 Å². The maximum atomic E-state index is 14.3. The van der Waals surface area contributed by atoms with Gasteiger partial charge in [0.25, 0.3) is 0 Å². The normalized spacial score (nSPS) is 14.0. The second-order valence-electron chi connectivity index (χ2n) is 8.08. The number of alkyl halides is 3. The summed E-state index contributed by atoms with van der Waals surface area (Å²) in [7, 11) is 1.43. The van der Waals surface area contributed by atoms with E-state index in [0.29, 0.717) is 16.7 Å². The number of halogens is 4. The fourth-order valence-corrected chi connectivity index (χ4v) is 4.46. The van der Waals surface area contributed by atoms with Crippen molar-refractivity contribution < 1.29 is 27.8 Å². The molecular weight excluding hydrogens is 473 g/mol. The number of hydrogen-bond acceptors (Lipinski definition) is 5. The number of pyridine rings is 1. The van der Waals surface area contributed by atoms with Crippen molar-refractivity contribution >= 4 is 22.7 Å². The van der Waals surface area contributed by atoms with Crippen LogP contribution in [0.3, 0.4) is 0 Å². The SMILES string of the molecule is C[C@H](c1ccc(-c2cncc(C(O)O)c2)cc1Cl)C(c1ccc2oc(=O)n(C)c2c1)C(F)(F)F. The van der Waals surface area contributed by atoms with Crippen molar-refractivity contribution in [2.45, 2.75) is 31.2 Å². The highest BCUT2D eigenvalue weighted by Gasteiger charge is 2.45.